The van der Waals surface area contributed by atoms with Crippen LogP contribution in [0.25, 0.3) is 6.08 Å². The van der Waals surface area contributed by atoms with Gasteiger partial charge in [0.2, 0.25) is 11.4 Å². The average molecular weight is 489 g/mol. The molecule has 0 fully saturated rings. The molecule has 184 valence electrons. The molecule has 0 radical (unpaired) electrons. The summed E-state index contributed by atoms with van der Waals surface area (Å²) < 4.78 is 91.0. The zero-order valence-electron chi connectivity index (χ0n) is 16.9. The van der Waals surface area contributed by atoms with Crippen molar-refractivity contribution in [3.8, 4) is 11.5 Å². The van der Waals surface area contributed by atoms with E-state index in [0.29, 0.717) is 6.08 Å². The number of ether oxygens (including phenoxy) is 3. The number of halogens is 6. The van der Waals surface area contributed by atoms with Crippen LogP contribution < -0.4 is 9.47 Å². The van der Waals surface area contributed by atoms with Crippen LogP contribution in [0.4, 0.5) is 26.3 Å². The number of aryl methyl sites for hydroxylation is 1. The molecule has 0 spiro atoms. The van der Waals surface area contributed by atoms with Gasteiger partial charge in [0.05, 0.1) is 30.7 Å². The van der Waals surface area contributed by atoms with Crippen LogP contribution >= 0.6 is 0 Å². The third-order valence-electron chi connectivity index (χ3n) is 3.96. The van der Waals surface area contributed by atoms with E-state index < -0.39 is 48.5 Å². The second kappa shape index (κ2) is 10.0. The van der Waals surface area contributed by atoms with E-state index >= 15 is 0 Å². The van der Waals surface area contributed by atoms with Gasteiger partial charge in [-0.05, 0) is 30.7 Å². The molecule has 0 saturated carbocycles. The highest BCUT2D eigenvalue weighted by atomic mass is 19.4. The first-order chi connectivity index (χ1) is 15.2. The summed E-state index contributed by atoms with van der Waals surface area (Å²) in [4.78, 5) is 16.5. The molecule has 2 rings (SSSR count). The molecular formula is C17H17F6N3O7. The van der Waals surface area contributed by atoms with Gasteiger partial charge in [-0.25, -0.2) is 4.79 Å². The molecule has 10 nitrogen and oxygen atoms in total. The van der Waals surface area contributed by atoms with Gasteiger partial charge in [-0.2, -0.15) is 13.2 Å². The highest BCUT2D eigenvalue weighted by molar-refractivity contribution is 5.96. The predicted octanol–water partition coefficient (Wildman–Crippen LogP) is 2.83. The summed E-state index contributed by atoms with van der Waals surface area (Å²) in [5.41, 5.74) is -1.48. The SMILES string of the molecule is Cc1cc(OC(F)(F)F)cc2c1O[C@H](C(F)(F)F)C(C(=O)OCO/N=[N+](\[O-])N(C)CCO)=C2. The largest absolute Gasteiger partial charge is 0.573 e. The smallest absolute Gasteiger partial charge is 0.569 e. The fraction of sp³-hybridized carbons (Fsp3) is 0.471. The molecular weight excluding hydrogens is 472 g/mol. The number of carbonyl (C=O) groups excluding carboxylic acids is 1. The quantitative estimate of drug-likeness (QED) is 0.113. The normalized spacial score (nSPS) is 16.3. The molecule has 1 aromatic rings. The van der Waals surface area contributed by atoms with Crippen molar-refractivity contribution in [2.45, 2.75) is 25.6 Å². The molecule has 1 heterocycles. The van der Waals surface area contributed by atoms with Gasteiger partial charge in [-0.1, -0.05) is 0 Å². The second-order valence-electron chi connectivity index (χ2n) is 6.46. The van der Waals surface area contributed by atoms with Crippen molar-refractivity contribution in [1.82, 2.24) is 5.01 Å². The molecule has 0 aliphatic carbocycles. The zero-order valence-corrected chi connectivity index (χ0v) is 16.9. The fourth-order valence-electron chi connectivity index (χ4n) is 2.59. The van der Waals surface area contributed by atoms with E-state index in [4.69, 9.17) is 9.84 Å². The maximum absolute atomic E-state index is 13.5. The number of fused-ring (bicyclic) bond motifs is 1. The highest BCUT2D eigenvalue weighted by Gasteiger charge is 2.49. The Hall–Kier alpha value is -3.43. The van der Waals surface area contributed by atoms with Gasteiger partial charge in [0, 0.05) is 5.56 Å². The molecule has 0 bridgehead atoms. The number of carbonyl (C=O) groups is 1. The Kier molecular flexibility index (Phi) is 7.84. The van der Waals surface area contributed by atoms with Gasteiger partial charge >= 0.3 is 18.5 Å². The van der Waals surface area contributed by atoms with Crippen LogP contribution in [0.1, 0.15) is 11.1 Å². The van der Waals surface area contributed by atoms with E-state index in [9.17, 15) is 36.3 Å². The Balaban J connectivity index is 2.25. The molecule has 0 unspecified atom stereocenters. The minimum absolute atomic E-state index is 0.102. The summed E-state index contributed by atoms with van der Waals surface area (Å²) in [5, 5.41) is 23.9. The van der Waals surface area contributed by atoms with Crippen LogP contribution in [0.15, 0.2) is 23.0 Å². The molecule has 0 saturated heterocycles. The van der Waals surface area contributed by atoms with Crippen molar-refractivity contribution < 1.29 is 60.3 Å². The van der Waals surface area contributed by atoms with E-state index in [2.05, 4.69) is 19.6 Å². The number of nitrogens with zero attached hydrogens (tertiary/aromatic N) is 3. The van der Waals surface area contributed by atoms with E-state index in [-0.39, 0.29) is 29.2 Å². The minimum atomic E-state index is -5.08. The van der Waals surface area contributed by atoms with E-state index in [1.807, 2.05) is 0 Å². The Morgan fingerprint density at radius 3 is 2.55 bits per heavy atom. The number of hydrogen-bond acceptors (Lipinski definition) is 8. The monoisotopic (exact) mass is 489 g/mol. The van der Waals surface area contributed by atoms with Gasteiger partial charge < -0.3 is 29.4 Å². The summed E-state index contributed by atoms with van der Waals surface area (Å²) in [5.74, 6) is -2.72. The van der Waals surface area contributed by atoms with Crippen molar-refractivity contribution in [3.05, 3.63) is 34.0 Å². The highest BCUT2D eigenvalue weighted by Crippen LogP contribution is 2.41. The molecule has 0 amide bonds. The summed E-state index contributed by atoms with van der Waals surface area (Å²) in [6.07, 6.45) is -12.3. The summed E-state index contributed by atoms with van der Waals surface area (Å²) in [6, 6.07) is 1.57. The third kappa shape index (κ3) is 7.03. The topological polar surface area (TPSA) is 116 Å². The number of benzene rings is 1. The molecule has 1 N–H and O–H groups in total. The molecule has 1 aliphatic heterocycles. The maximum Gasteiger partial charge on any atom is 0.573 e. The lowest BCUT2D eigenvalue weighted by Crippen LogP contribution is -2.41. The Morgan fingerprint density at radius 2 is 1.97 bits per heavy atom. The molecule has 1 aliphatic rings. The van der Waals surface area contributed by atoms with Gasteiger partial charge in [-0.15, -0.1) is 18.2 Å². The molecule has 1 atom stereocenters. The van der Waals surface area contributed by atoms with Gasteiger partial charge in [0.15, 0.2) is 0 Å². The zero-order chi connectivity index (χ0) is 25.0. The van der Waals surface area contributed by atoms with Crippen LogP contribution in [-0.2, 0) is 14.4 Å². The number of aliphatic hydroxyl groups is 1. The summed E-state index contributed by atoms with van der Waals surface area (Å²) in [6.45, 7) is -0.379. The number of rotatable bonds is 8. The maximum atomic E-state index is 13.5. The Morgan fingerprint density at radius 1 is 1.30 bits per heavy atom. The van der Waals surface area contributed by atoms with Crippen molar-refractivity contribution in [3.63, 3.8) is 0 Å². The molecule has 1 aromatic carbocycles. The van der Waals surface area contributed by atoms with Crippen molar-refractivity contribution in [1.29, 1.82) is 0 Å². The van der Waals surface area contributed by atoms with E-state index in [0.717, 1.165) is 17.1 Å². The lowest BCUT2D eigenvalue weighted by molar-refractivity contribution is -0.706. The standard InChI is InChI=1S/C17H17F6N3O7/c1-9-5-11(33-17(21,22)23)6-10-7-12(14(16(18,19)20)32-13(9)10)15(28)30-8-31-24-26(29)25(2)3-4-27/h5-7,14,27H,3-4,8H2,1-2H3/b26-24-/t14-/m0/s1. The number of likely N-dealkylation sites (N-methyl/N-ethyl adjacent to an activating group) is 1. The minimum Gasteiger partial charge on any atom is -0.569 e. The lowest BCUT2D eigenvalue weighted by atomic mass is 9.99. The van der Waals surface area contributed by atoms with Crippen LogP contribution in [0, 0.1) is 12.1 Å². The first-order valence-corrected chi connectivity index (χ1v) is 8.87. The van der Waals surface area contributed by atoms with Crippen molar-refractivity contribution >= 4 is 12.0 Å². The number of hydrazine groups is 1. The molecule has 16 heteroatoms. The summed E-state index contributed by atoms with van der Waals surface area (Å²) in [7, 11) is 1.23. The summed E-state index contributed by atoms with van der Waals surface area (Å²) >= 11 is 0. The van der Waals surface area contributed by atoms with Crippen molar-refractivity contribution in [2.75, 3.05) is 27.0 Å². The average Bonchev–Trinajstić information content (AvgIpc) is 2.68. The fourth-order valence-corrected chi connectivity index (χ4v) is 2.59. The second-order valence-corrected chi connectivity index (χ2v) is 6.46. The number of aliphatic hydroxyl groups excluding tert-OH is 1. The molecule has 0 aromatic heterocycles. The number of esters is 1. The van der Waals surface area contributed by atoms with Crippen LogP contribution in [-0.4, -0.2) is 66.7 Å². The van der Waals surface area contributed by atoms with Crippen LogP contribution in [0.2, 0.25) is 0 Å². The van der Waals surface area contributed by atoms with Crippen LogP contribution in [0.5, 0.6) is 11.5 Å². The third-order valence-corrected chi connectivity index (χ3v) is 3.96. The van der Waals surface area contributed by atoms with E-state index in [1.54, 1.807) is 0 Å². The first kappa shape index (κ1) is 25.8. The van der Waals surface area contributed by atoms with Gasteiger partial charge in [-0.3, -0.25) is 0 Å². The Labute approximate surface area is 181 Å². The number of hydrogen-bond donors (Lipinski definition) is 1. The Bertz CT molecular complexity index is 933. The van der Waals surface area contributed by atoms with Crippen LogP contribution in [0.3, 0.4) is 0 Å². The van der Waals surface area contributed by atoms with Gasteiger partial charge in [0.1, 0.15) is 11.5 Å². The van der Waals surface area contributed by atoms with E-state index in [1.165, 1.54) is 14.0 Å². The molecule has 33 heavy (non-hydrogen) atoms. The number of alkyl halides is 6. The van der Waals surface area contributed by atoms with Crippen molar-refractivity contribution in [2.24, 2.45) is 5.28 Å². The first-order valence-electron chi connectivity index (χ1n) is 8.87. The predicted molar refractivity (Wildman–Crippen MR) is 94.1 cm³/mol. The van der Waals surface area contributed by atoms with Gasteiger partial charge in [0.25, 0.3) is 6.79 Å². The lowest BCUT2D eigenvalue weighted by Gasteiger charge is -2.29.